The number of carbonyl (C=O) groups is 3. The Morgan fingerprint density at radius 2 is 0.667 bits per heavy atom. The number of carbonyl (C=O) groups excluding carboxylic acids is 3. The van der Waals surface area contributed by atoms with Crippen molar-refractivity contribution in [2.45, 2.75) is 78.9 Å². The smallest absolute Gasteiger partial charge is 0.254 e. The average Bonchev–Trinajstić information content (AvgIpc) is 2.61. The highest BCUT2D eigenvalue weighted by molar-refractivity contribution is 6.04. The summed E-state index contributed by atoms with van der Waals surface area (Å²) in [5.41, 5.74) is -0.216. The molecule has 3 amide bonds. The third kappa shape index (κ3) is 5.83. The van der Waals surface area contributed by atoms with E-state index in [9.17, 15) is 14.4 Å². The first-order chi connectivity index (χ1) is 13.3. The molecule has 0 unspecified atom stereocenters. The predicted octanol–water partition coefficient (Wildman–Crippen LogP) is 4.30. The van der Waals surface area contributed by atoms with Gasteiger partial charge in [-0.2, -0.15) is 0 Å². The van der Waals surface area contributed by atoms with Gasteiger partial charge in [-0.3, -0.25) is 14.4 Å². The molecular weight excluding hydrogens is 378 g/mol. The van der Waals surface area contributed by atoms with Crippen molar-refractivity contribution in [1.82, 2.24) is 14.7 Å². The minimum Gasteiger partial charge on any atom is -0.337 e. The molecule has 0 spiro atoms. The van der Waals surface area contributed by atoms with Crippen LogP contribution >= 0.6 is 0 Å². The van der Waals surface area contributed by atoms with Crippen molar-refractivity contribution >= 4 is 17.7 Å². The van der Waals surface area contributed by atoms with E-state index in [0.29, 0.717) is 16.7 Å². The van der Waals surface area contributed by atoms with Crippen molar-refractivity contribution in [2.75, 3.05) is 21.1 Å². The van der Waals surface area contributed by atoms with Crippen molar-refractivity contribution in [3.05, 3.63) is 34.9 Å². The maximum absolute atomic E-state index is 13.2. The summed E-state index contributed by atoms with van der Waals surface area (Å²) in [6.07, 6.45) is 0. The SMILES string of the molecule is CN(C(=O)c1cc(C(=O)N(C)C(C)(C)C)cc(C(=O)N(C)C(C)(C)C)c1)C(C)(C)C. The van der Waals surface area contributed by atoms with Crippen LogP contribution in [0.25, 0.3) is 0 Å². The van der Waals surface area contributed by atoms with Crippen LogP contribution < -0.4 is 0 Å². The fourth-order valence-corrected chi connectivity index (χ4v) is 2.49. The van der Waals surface area contributed by atoms with Crippen LogP contribution in [-0.4, -0.2) is 70.2 Å². The van der Waals surface area contributed by atoms with Gasteiger partial charge in [0.1, 0.15) is 0 Å². The van der Waals surface area contributed by atoms with E-state index in [1.807, 2.05) is 62.3 Å². The Kier molecular flexibility index (Phi) is 7.19. The molecule has 0 fully saturated rings. The number of hydrogen-bond acceptors (Lipinski definition) is 3. The summed E-state index contributed by atoms with van der Waals surface area (Å²) < 4.78 is 0. The molecule has 1 rings (SSSR count). The Hall–Kier alpha value is -2.37. The first kappa shape index (κ1) is 25.7. The zero-order valence-corrected chi connectivity index (χ0v) is 20.8. The van der Waals surface area contributed by atoms with E-state index in [0.717, 1.165) is 0 Å². The normalized spacial score (nSPS) is 12.4. The van der Waals surface area contributed by atoms with Gasteiger partial charge in [0.05, 0.1) is 0 Å². The summed E-state index contributed by atoms with van der Waals surface area (Å²) in [7, 11) is 5.17. The molecule has 168 valence electrons. The van der Waals surface area contributed by atoms with E-state index in [1.165, 1.54) is 0 Å². The molecule has 0 bridgehead atoms. The number of nitrogens with zero attached hydrogens (tertiary/aromatic N) is 3. The highest BCUT2D eigenvalue weighted by atomic mass is 16.2. The van der Waals surface area contributed by atoms with Gasteiger partial charge in [0.15, 0.2) is 0 Å². The van der Waals surface area contributed by atoms with Crippen molar-refractivity contribution in [3.8, 4) is 0 Å². The largest absolute Gasteiger partial charge is 0.337 e. The third-order valence-corrected chi connectivity index (χ3v) is 5.61. The standard InChI is InChI=1S/C24H39N3O3/c1-22(2,3)25(10)19(28)16-13-17(20(29)26(11)23(4,5)6)15-18(14-16)21(30)27(12)24(7,8)9/h13-15H,1-12H3. The summed E-state index contributed by atoms with van der Waals surface area (Å²) in [5.74, 6) is -0.700. The van der Waals surface area contributed by atoms with Crippen molar-refractivity contribution in [2.24, 2.45) is 0 Å². The van der Waals surface area contributed by atoms with Crippen LogP contribution in [0.5, 0.6) is 0 Å². The molecule has 0 heterocycles. The van der Waals surface area contributed by atoms with E-state index >= 15 is 0 Å². The second-order valence-electron chi connectivity index (χ2n) is 10.9. The van der Waals surface area contributed by atoms with Gasteiger partial charge in [0.2, 0.25) is 0 Å². The van der Waals surface area contributed by atoms with Crippen LogP contribution in [0.2, 0.25) is 0 Å². The molecular formula is C24H39N3O3. The average molecular weight is 418 g/mol. The van der Waals surface area contributed by atoms with Gasteiger partial charge < -0.3 is 14.7 Å². The number of hydrogen-bond donors (Lipinski definition) is 0. The zero-order valence-electron chi connectivity index (χ0n) is 20.8. The molecule has 1 aromatic rings. The quantitative estimate of drug-likeness (QED) is 0.737. The van der Waals surface area contributed by atoms with E-state index in [-0.39, 0.29) is 17.7 Å². The summed E-state index contributed by atoms with van der Waals surface area (Å²) in [5, 5.41) is 0. The topological polar surface area (TPSA) is 60.9 Å². The Morgan fingerprint density at radius 3 is 0.800 bits per heavy atom. The molecule has 0 radical (unpaired) electrons. The lowest BCUT2D eigenvalue weighted by Gasteiger charge is -2.34. The van der Waals surface area contributed by atoms with E-state index in [4.69, 9.17) is 0 Å². The first-order valence-electron chi connectivity index (χ1n) is 10.3. The molecule has 0 aliphatic heterocycles. The lowest BCUT2D eigenvalue weighted by atomic mass is 9.98. The van der Waals surface area contributed by atoms with Crippen LogP contribution in [0.3, 0.4) is 0 Å². The second-order valence-corrected chi connectivity index (χ2v) is 10.9. The molecule has 30 heavy (non-hydrogen) atoms. The van der Waals surface area contributed by atoms with Gasteiger partial charge in [-0.1, -0.05) is 0 Å². The zero-order chi connectivity index (χ0) is 23.8. The Morgan fingerprint density at radius 1 is 0.500 bits per heavy atom. The maximum Gasteiger partial charge on any atom is 0.254 e. The van der Waals surface area contributed by atoms with Gasteiger partial charge in [-0.15, -0.1) is 0 Å². The van der Waals surface area contributed by atoms with Gasteiger partial charge in [0, 0.05) is 54.5 Å². The van der Waals surface area contributed by atoms with Gasteiger partial charge in [0.25, 0.3) is 17.7 Å². The molecule has 1 aromatic carbocycles. The van der Waals surface area contributed by atoms with Gasteiger partial charge in [-0.25, -0.2) is 0 Å². The molecule has 6 heteroatoms. The van der Waals surface area contributed by atoms with Crippen LogP contribution in [0, 0.1) is 0 Å². The van der Waals surface area contributed by atoms with Crippen molar-refractivity contribution in [3.63, 3.8) is 0 Å². The minimum atomic E-state index is -0.397. The molecule has 0 aromatic heterocycles. The van der Waals surface area contributed by atoms with Crippen LogP contribution in [-0.2, 0) is 0 Å². The number of benzene rings is 1. The van der Waals surface area contributed by atoms with Crippen LogP contribution in [0.4, 0.5) is 0 Å². The van der Waals surface area contributed by atoms with Crippen LogP contribution in [0.15, 0.2) is 18.2 Å². The fourth-order valence-electron chi connectivity index (χ4n) is 2.49. The van der Waals surface area contributed by atoms with Crippen molar-refractivity contribution < 1.29 is 14.4 Å². The molecule has 6 nitrogen and oxygen atoms in total. The lowest BCUT2D eigenvalue weighted by Crippen LogP contribution is -2.44. The lowest BCUT2D eigenvalue weighted by molar-refractivity contribution is 0.0655. The molecule has 0 saturated heterocycles. The van der Waals surface area contributed by atoms with Gasteiger partial charge in [-0.05, 0) is 80.5 Å². The summed E-state index contributed by atoms with van der Waals surface area (Å²) >= 11 is 0. The summed E-state index contributed by atoms with van der Waals surface area (Å²) in [6, 6.07) is 4.76. The van der Waals surface area contributed by atoms with E-state index in [1.54, 1.807) is 54.0 Å². The highest BCUT2D eigenvalue weighted by Gasteiger charge is 2.30. The maximum atomic E-state index is 13.2. The Labute approximate surface area is 182 Å². The number of rotatable bonds is 3. The Bertz CT molecular complexity index is 702. The summed E-state index contributed by atoms with van der Waals surface area (Å²) in [4.78, 5) is 44.3. The molecule has 0 aliphatic carbocycles. The number of amides is 3. The highest BCUT2D eigenvalue weighted by Crippen LogP contribution is 2.23. The fraction of sp³-hybridized carbons (Fsp3) is 0.625. The van der Waals surface area contributed by atoms with Crippen molar-refractivity contribution in [1.29, 1.82) is 0 Å². The molecule has 0 N–H and O–H groups in total. The third-order valence-electron chi connectivity index (χ3n) is 5.61. The van der Waals surface area contributed by atoms with Crippen LogP contribution in [0.1, 0.15) is 93.4 Å². The molecule has 0 saturated carbocycles. The molecule has 0 atom stereocenters. The minimum absolute atomic E-state index is 0.233. The van der Waals surface area contributed by atoms with E-state index in [2.05, 4.69) is 0 Å². The van der Waals surface area contributed by atoms with E-state index < -0.39 is 16.6 Å². The first-order valence-corrected chi connectivity index (χ1v) is 10.3. The second kappa shape index (κ2) is 8.40. The van der Waals surface area contributed by atoms with Gasteiger partial charge >= 0.3 is 0 Å². The predicted molar refractivity (Wildman–Crippen MR) is 122 cm³/mol. The molecule has 0 aliphatic rings. The Balaban J connectivity index is 3.62. The monoisotopic (exact) mass is 417 g/mol. The summed E-state index contributed by atoms with van der Waals surface area (Å²) in [6.45, 7) is 17.4.